The Kier molecular flexibility index (Phi) is 6.94. The Morgan fingerprint density at radius 2 is 1.81 bits per heavy atom. The maximum atomic E-state index is 12.9. The molecular formula is C31H39N3O2. The van der Waals surface area contributed by atoms with Gasteiger partial charge in [-0.1, -0.05) is 48.5 Å². The number of hydrogen-bond donors (Lipinski definition) is 1. The van der Waals surface area contributed by atoms with Gasteiger partial charge in [0.1, 0.15) is 0 Å². The first-order chi connectivity index (χ1) is 17.7. The Labute approximate surface area is 215 Å². The van der Waals surface area contributed by atoms with Gasteiger partial charge < -0.3 is 10.1 Å². The minimum atomic E-state index is -0.00587. The zero-order valence-corrected chi connectivity index (χ0v) is 21.4. The predicted octanol–water partition coefficient (Wildman–Crippen LogP) is 5.48. The normalized spacial score (nSPS) is 30.5. The zero-order valence-electron chi connectivity index (χ0n) is 21.4. The third-order valence-corrected chi connectivity index (χ3v) is 9.25. The van der Waals surface area contributed by atoms with E-state index in [4.69, 9.17) is 9.73 Å². The lowest BCUT2D eigenvalue weighted by Gasteiger charge is -2.43. The number of nitrogens with zero attached hydrogens (tertiary/aromatic N) is 2. The molecule has 5 atom stereocenters. The summed E-state index contributed by atoms with van der Waals surface area (Å²) in [5.41, 5.74) is 5.12. The van der Waals surface area contributed by atoms with Crippen LogP contribution in [0.1, 0.15) is 62.6 Å². The highest BCUT2D eigenvalue weighted by atomic mass is 16.5. The van der Waals surface area contributed by atoms with Gasteiger partial charge in [0.05, 0.1) is 24.3 Å². The largest absolute Gasteiger partial charge is 0.381 e. The van der Waals surface area contributed by atoms with Crippen LogP contribution in [-0.2, 0) is 16.0 Å². The van der Waals surface area contributed by atoms with Crippen molar-refractivity contribution in [2.24, 2.45) is 22.7 Å². The highest BCUT2D eigenvalue weighted by molar-refractivity contribution is 5.89. The van der Waals surface area contributed by atoms with Crippen LogP contribution in [0.3, 0.4) is 0 Å². The first-order valence-corrected chi connectivity index (χ1v) is 14.0. The van der Waals surface area contributed by atoms with Crippen LogP contribution >= 0.6 is 0 Å². The van der Waals surface area contributed by atoms with Crippen LogP contribution in [0.2, 0.25) is 0 Å². The lowest BCUT2D eigenvalue weighted by Crippen LogP contribution is -2.47. The molecule has 190 valence electrons. The predicted molar refractivity (Wildman–Crippen MR) is 144 cm³/mol. The van der Waals surface area contributed by atoms with E-state index in [9.17, 15) is 4.79 Å². The van der Waals surface area contributed by atoms with Gasteiger partial charge >= 0.3 is 0 Å². The molecule has 4 aliphatic heterocycles. The summed E-state index contributed by atoms with van der Waals surface area (Å²) in [7, 11) is 0. The molecule has 0 spiro atoms. The summed E-state index contributed by atoms with van der Waals surface area (Å²) in [5.74, 6) is 1.45. The lowest BCUT2D eigenvalue weighted by molar-refractivity contribution is -0.125. The molecule has 5 unspecified atom stereocenters. The third-order valence-electron chi connectivity index (χ3n) is 9.25. The van der Waals surface area contributed by atoms with Crippen molar-refractivity contribution in [2.45, 2.75) is 70.0 Å². The van der Waals surface area contributed by atoms with Gasteiger partial charge in [-0.2, -0.15) is 0 Å². The number of amides is 1. The molecule has 0 aromatic heterocycles. The van der Waals surface area contributed by atoms with Gasteiger partial charge in [0.25, 0.3) is 0 Å². The molecule has 5 heteroatoms. The zero-order chi connectivity index (χ0) is 24.5. The summed E-state index contributed by atoms with van der Waals surface area (Å²) < 4.78 is 5.47. The van der Waals surface area contributed by atoms with E-state index in [0.717, 1.165) is 31.7 Å². The smallest absolute Gasteiger partial charge is 0.226 e. The number of carbonyl (C=O) groups excluding carboxylic acids is 1. The van der Waals surface area contributed by atoms with Crippen molar-refractivity contribution in [3.63, 3.8) is 0 Å². The van der Waals surface area contributed by atoms with Crippen LogP contribution < -0.4 is 5.32 Å². The molecule has 4 heterocycles. The molecule has 36 heavy (non-hydrogen) atoms. The van der Waals surface area contributed by atoms with Gasteiger partial charge in [0, 0.05) is 36.9 Å². The van der Waals surface area contributed by atoms with Crippen LogP contribution in [-0.4, -0.2) is 48.4 Å². The summed E-state index contributed by atoms with van der Waals surface area (Å²) in [4.78, 5) is 20.7. The molecule has 0 aliphatic carbocycles. The molecule has 1 N–H and O–H groups in total. The Balaban J connectivity index is 1.11. The molecular weight excluding hydrogens is 446 g/mol. The molecule has 4 aliphatic rings. The second-order valence-electron chi connectivity index (χ2n) is 11.4. The lowest BCUT2D eigenvalue weighted by atomic mass is 9.74. The fraction of sp³-hybridized carbons (Fsp3) is 0.548. The minimum Gasteiger partial charge on any atom is -0.381 e. The molecule has 2 bridgehead atoms. The average molecular weight is 486 g/mol. The second kappa shape index (κ2) is 10.5. The number of benzene rings is 2. The molecule has 2 aromatic rings. The highest BCUT2D eigenvalue weighted by Crippen LogP contribution is 2.44. The molecule has 1 amide bonds. The van der Waals surface area contributed by atoms with Crippen molar-refractivity contribution in [3.05, 3.63) is 65.7 Å². The first-order valence-electron chi connectivity index (χ1n) is 14.0. The van der Waals surface area contributed by atoms with E-state index in [1.807, 2.05) is 6.07 Å². The Bertz CT molecular complexity index is 1080. The Morgan fingerprint density at radius 3 is 2.56 bits per heavy atom. The van der Waals surface area contributed by atoms with Crippen LogP contribution in [0.25, 0.3) is 0 Å². The third kappa shape index (κ3) is 4.88. The molecule has 3 fully saturated rings. The van der Waals surface area contributed by atoms with Crippen molar-refractivity contribution < 1.29 is 9.53 Å². The van der Waals surface area contributed by atoms with Gasteiger partial charge in [-0.05, 0) is 75.0 Å². The summed E-state index contributed by atoms with van der Waals surface area (Å²) in [5, 5.41) is 3.38. The SMILES string of the molecule is CC1=Nc2ccccc2CC1C1CC2CCC(C1)N2CCC(NC(=O)C1CCOC1)c1ccccc1. The number of rotatable bonds is 7. The van der Waals surface area contributed by atoms with Gasteiger partial charge in [-0.15, -0.1) is 0 Å². The number of carbonyl (C=O) groups is 1. The molecule has 3 saturated heterocycles. The minimum absolute atomic E-state index is 0.00587. The van der Waals surface area contributed by atoms with Crippen LogP contribution in [0, 0.1) is 17.8 Å². The standard InChI is InChI=1S/C31H39N3O2/c1-21-28(19-23-9-5-6-10-29(23)32-21)25-17-26-11-12-27(18-25)34(26)15-13-30(22-7-3-2-4-8-22)33-31(35)24-14-16-36-20-24/h2-10,24-28,30H,11-20H2,1H3,(H,33,35). The van der Waals surface area contributed by atoms with Crippen molar-refractivity contribution in [2.75, 3.05) is 19.8 Å². The van der Waals surface area contributed by atoms with E-state index in [0.29, 0.717) is 31.2 Å². The fourth-order valence-corrected chi connectivity index (χ4v) is 7.28. The number of hydrogen-bond acceptors (Lipinski definition) is 4. The van der Waals surface area contributed by atoms with E-state index < -0.39 is 0 Å². The van der Waals surface area contributed by atoms with E-state index in [1.165, 1.54) is 48.2 Å². The number of nitrogens with one attached hydrogen (secondary N) is 1. The quantitative estimate of drug-likeness (QED) is 0.565. The Morgan fingerprint density at radius 1 is 1.06 bits per heavy atom. The van der Waals surface area contributed by atoms with Gasteiger partial charge in [0.2, 0.25) is 5.91 Å². The molecule has 5 nitrogen and oxygen atoms in total. The summed E-state index contributed by atoms with van der Waals surface area (Å²) in [6, 6.07) is 20.6. The van der Waals surface area contributed by atoms with E-state index in [1.54, 1.807) is 0 Å². The van der Waals surface area contributed by atoms with Gasteiger partial charge in [-0.3, -0.25) is 14.7 Å². The van der Waals surface area contributed by atoms with Gasteiger partial charge in [-0.25, -0.2) is 0 Å². The topological polar surface area (TPSA) is 53.9 Å². The van der Waals surface area contributed by atoms with Crippen molar-refractivity contribution >= 4 is 17.3 Å². The number of fused-ring (bicyclic) bond motifs is 3. The molecule has 2 aromatic carbocycles. The van der Waals surface area contributed by atoms with Gasteiger partial charge in [0.15, 0.2) is 0 Å². The summed E-state index contributed by atoms with van der Waals surface area (Å²) in [6.45, 7) is 4.55. The number of piperidine rings is 1. The summed E-state index contributed by atoms with van der Waals surface area (Å²) >= 11 is 0. The second-order valence-corrected chi connectivity index (χ2v) is 11.4. The highest BCUT2D eigenvalue weighted by Gasteiger charge is 2.44. The summed E-state index contributed by atoms with van der Waals surface area (Å²) in [6.07, 6.45) is 8.10. The average Bonchev–Trinajstić information content (AvgIpc) is 3.52. The number of para-hydroxylation sites is 1. The first kappa shape index (κ1) is 23.9. The Hall–Kier alpha value is -2.50. The van der Waals surface area contributed by atoms with Crippen LogP contribution in [0.15, 0.2) is 59.6 Å². The maximum absolute atomic E-state index is 12.9. The van der Waals surface area contributed by atoms with Crippen molar-refractivity contribution in [3.8, 4) is 0 Å². The molecule has 0 radical (unpaired) electrons. The molecule has 6 rings (SSSR count). The van der Waals surface area contributed by atoms with E-state index >= 15 is 0 Å². The van der Waals surface area contributed by atoms with E-state index in [-0.39, 0.29) is 17.9 Å². The number of ether oxygens (including phenoxy) is 1. The van der Waals surface area contributed by atoms with E-state index in [2.05, 4.69) is 65.7 Å². The van der Waals surface area contributed by atoms with Crippen LogP contribution in [0.4, 0.5) is 5.69 Å². The monoisotopic (exact) mass is 485 g/mol. The van der Waals surface area contributed by atoms with Crippen molar-refractivity contribution in [1.29, 1.82) is 0 Å². The maximum Gasteiger partial charge on any atom is 0.226 e. The van der Waals surface area contributed by atoms with Crippen molar-refractivity contribution in [1.82, 2.24) is 10.2 Å². The fourth-order valence-electron chi connectivity index (χ4n) is 7.28. The molecule has 0 saturated carbocycles. The number of aliphatic imine (C=N–C) groups is 1. The van der Waals surface area contributed by atoms with Crippen LogP contribution in [0.5, 0.6) is 0 Å².